The van der Waals surface area contributed by atoms with Crippen LogP contribution in [0.2, 0.25) is 5.02 Å². The summed E-state index contributed by atoms with van der Waals surface area (Å²) in [5.74, 6) is -0.334. The maximum Gasteiger partial charge on any atom is 0.142 e. The zero-order valence-electron chi connectivity index (χ0n) is 10.2. The van der Waals surface area contributed by atoms with Gasteiger partial charge in [-0.3, -0.25) is 0 Å². The van der Waals surface area contributed by atoms with Crippen molar-refractivity contribution in [3.05, 3.63) is 34.6 Å². The molecule has 1 aliphatic carbocycles. The molecule has 1 aromatic carbocycles. The van der Waals surface area contributed by atoms with Gasteiger partial charge >= 0.3 is 0 Å². The van der Waals surface area contributed by atoms with E-state index in [4.69, 9.17) is 11.6 Å². The first-order valence-corrected chi connectivity index (χ1v) is 6.66. The van der Waals surface area contributed by atoms with Crippen LogP contribution in [0.15, 0.2) is 18.2 Å². The van der Waals surface area contributed by atoms with Crippen LogP contribution in [-0.2, 0) is 6.54 Å². The number of hydrogen-bond donors (Lipinski definition) is 1. The van der Waals surface area contributed by atoms with Crippen LogP contribution in [0, 0.1) is 5.82 Å². The highest BCUT2D eigenvalue weighted by Crippen LogP contribution is 2.28. The van der Waals surface area contributed by atoms with E-state index in [1.165, 1.54) is 38.2 Å². The Kier molecular flexibility index (Phi) is 4.05. The highest BCUT2D eigenvalue weighted by atomic mass is 35.5. The molecule has 0 saturated heterocycles. The molecule has 1 aliphatic rings. The lowest BCUT2D eigenvalue weighted by Crippen LogP contribution is -2.43. The summed E-state index contributed by atoms with van der Waals surface area (Å²) in [5.41, 5.74) is 1.17. The Bertz CT molecular complexity index is 386. The first-order valence-electron chi connectivity index (χ1n) is 6.28. The Morgan fingerprint density at radius 3 is 2.65 bits per heavy atom. The standard InChI is InChI=1S/C14H19ClFN/c1-14(7-3-2-4-8-14)17-10-11-5-6-12(15)13(16)9-11/h5-6,9,17H,2-4,7-8,10H2,1H3. The number of halogens is 2. The fraction of sp³-hybridized carbons (Fsp3) is 0.571. The van der Waals surface area contributed by atoms with Crippen molar-refractivity contribution in [2.24, 2.45) is 0 Å². The second-order valence-corrected chi connectivity index (χ2v) is 5.63. The van der Waals surface area contributed by atoms with E-state index in [0.717, 1.165) is 5.56 Å². The van der Waals surface area contributed by atoms with Gasteiger partial charge in [-0.25, -0.2) is 4.39 Å². The van der Waals surface area contributed by atoms with Gasteiger partial charge in [-0.05, 0) is 37.5 Å². The van der Waals surface area contributed by atoms with Gasteiger partial charge in [0.25, 0.3) is 0 Å². The fourth-order valence-electron chi connectivity index (χ4n) is 2.47. The largest absolute Gasteiger partial charge is 0.307 e. The molecular formula is C14H19ClFN. The van der Waals surface area contributed by atoms with Gasteiger partial charge < -0.3 is 5.32 Å². The van der Waals surface area contributed by atoms with Crippen molar-refractivity contribution in [1.82, 2.24) is 5.32 Å². The third-order valence-electron chi connectivity index (χ3n) is 3.66. The predicted octanol–water partition coefficient (Wildman–Crippen LogP) is 4.29. The Labute approximate surface area is 107 Å². The summed E-state index contributed by atoms with van der Waals surface area (Å²) in [6.45, 7) is 2.98. The topological polar surface area (TPSA) is 12.0 Å². The molecule has 94 valence electrons. The summed E-state index contributed by atoms with van der Waals surface area (Å²) in [7, 11) is 0. The van der Waals surface area contributed by atoms with E-state index in [2.05, 4.69) is 12.2 Å². The zero-order chi connectivity index (χ0) is 12.3. The maximum atomic E-state index is 13.3. The minimum Gasteiger partial charge on any atom is -0.307 e. The van der Waals surface area contributed by atoms with Crippen LogP contribution < -0.4 is 5.32 Å². The highest BCUT2D eigenvalue weighted by Gasteiger charge is 2.25. The smallest absolute Gasteiger partial charge is 0.142 e. The molecule has 0 bridgehead atoms. The first-order chi connectivity index (χ1) is 8.09. The Hall–Kier alpha value is -0.600. The molecule has 0 heterocycles. The molecule has 0 amide bonds. The maximum absolute atomic E-state index is 13.3. The summed E-state index contributed by atoms with van der Waals surface area (Å²) >= 11 is 5.66. The van der Waals surface area contributed by atoms with Gasteiger partial charge in [0.15, 0.2) is 0 Å². The Morgan fingerprint density at radius 2 is 2.00 bits per heavy atom. The summed E-state index contributed by atoms with van der Waals surface area (Å²) in [6.07, 6.45) is 6.34. The van der Waals surface area contributed by atoms with Crippen LogP contribution in [0.4, 0.5) is 4.39 Å². The van der Waals surface area contributed by atoms with Crippen LogP contribution in [0.1, 0.15) is 44.6 Å². The molecule has 0 unspecified atom stereocenters. The van der Waals surface area contributed by atoms with Gasteiger partial charge in [0.2, 0.25) is 0 Å². The van der Waals surface area contributed by atoms with Gasteiger partial charge in [-0.1, -0.05) is 36.9 Å². The molecule has 0 spiro atoms. The second-order valence-electron chi connectivity index (χ2n) is 5.22. The van der Waals surface area contributed by atoms with Gasteiger partial charge in [0.05, 0.1) is 5.02 Å². The quantitative estimate of drug-likeness (QED) is 0.850. The fourth-order valence-corrected chi connectivity index (χ4v) is 2.59. The number of rotatable bonds is 3. The van der Waals surface area contributed by atoms with Crippen LogP contribution in [0.25, 0.3) is 0 Å². The molecule has 2 rings (SSSR count). The number of hydrogen-bond acceptors (Lipinski definition) is 1. The van der Waals surface area contributed by atoms with E-state index in [-0.39, 0.29) is 16.4 Å². The monoisotopic (exact) mass is 255 g/mol. The molecule has 3 heteroatoms. The molecule has 0 aromatic heterocycles. The van der Waals surface area contributed by atoms with Crippen LogP contribution >= 0.6 is 11.6 Å². The zero-order valence-corrected chi connectivity index (χ0v) is 11.0. The average molecular weight is 256 g/mol. The van der Waals surface area contributed by atoms with Crippen molar-refractivity contribution in [3.8, 4) is 0 Å². The molecule has 1 saturated carbocycles. The molecule has 1 N–H and O–H groups in total. The molecule has 0 aliphatic heterocycles. The molecule has 0 radical (unpaired) electrons. The first kappa shape index (κ1) is 12.8. The normalized spacial score (nSPS) is 19.2. The summed E-state index contributed by atoms with van der Waals surface area (Å²) < 4.78 is 13.3. The van der Waals surface area contributed by atoms with Gasteiger partial charge in [0.1, 0.15) is 5.82 Å². The van der Waals surface area contributed by atoms with Crippen molar-refractivity contribution in [3.63, 3.8) is 0 Å². The van der Waals surface area contributed by atoms with E-state index in [9.17, 15) is 4.39 Å². The van der Waals surface area contributed by atoms with Crippen LogP contribution in [0.5, 0.6) is 0 Å². The van der Waals surface area contributed by atoms with Crippen molar-refractivity contribution >= 4 is 11.6 Å². The minimum atomic E-state index is -0.334. The Morgan fingerprint density at radius 1 is 1.29 bits per heavy atom. The third-order valence-corrected chi connectivity index (χ3v) is 3.97. The van der Waals surface area contributed by atoms with E-state index < -0.39 is 0 Å². The van der Waals surface area contributed by atoms with Crippen LogP contribution in [-0.4, -0.2) is 5.54 Å². The molecular weight excluding hydrogens is 237 g/mol. The lowest BCUT2D eigenvalue weighted by Gasteiger charge is -2.34. The molecule has 17 heavy (non-hydrogen) atoms. The van der Waals surface area contributed by atoms with E-state index in [1.54, 1.807) is 6.07 Å². The molecule has 1 nitrogen and oxygen atoms in total. The van der Waals surface area contributed by atoms with E-state index >= 15 is 0 Å². The number of benzene rings is 1. The lowest BCUT2D eigenvalue weighted by molar-refractivity contribution is 0.252. The second kappa shape index (κ2) is 5.36. The van der Waals surface area contributed by atoms with Gasteiger partial charge in [-0.2, -0.15) is 0 Å². The summed E-state index contributed by atoms with van der Waals surface area (Å²) in [6, 6.07) is 5.02. The molecule has 1 aromatic rings. The van der Waals surface area contributed by atoms with Gasteiger partial charge in [0, 0.05) is 12.1 Å². The van der Waals surface area contributed by atoms with E-state index in [1.807, 2.05) is 6.07 Å². The SMILES string of the molecule is CC1(NCc2ccc(Cl)c(F)c2)CCCCC1. The Balaban J connectivity index is 1.94. The summed E-state index contributed by atoms with van der Waals surface area (Å²) in [5, 5.41) is 3.74. The number of nitrogens with one attached hydrogen (secondary N) is 1. The van der Waals surface area contributed by atoms with Crippen LogP contribution in [0.3, 0.4) is 0 Å². The summed E-state index contributed by atoms with van der Waals surface area (Å²) in [4.78, 5) is 0. The third kappa shape index (κ3) is 3.43. The average Bonchev–Trinajstić information content (AvgIpc) is 2.32. The molecule has 1 fully saturated rings. The highest BCUT2D eigenvalue weighted by molar-refractivity contribution is 6.30. The van der Waals surface area contributed by atoms with Crippen molar-refractivity contribution in [2.45, 2.75) is 51.1 Å². The van der Waals surface area contributed by atoms with Crippen molar-refractivity contribution < 1.29 is 4.39 Å². The van der Waals surface area contributed by atoms with Crippen molar-refractivity contribution in [2.75, 3.05) is 0 Å². The minimum absolute atomic E-state index is 0.192. The van der Waals surface area contributed by atoms with Crippen molar-refractivity contribution in [1.29, 1.82) is 0 Å². The predicted molar refractivity (Wildman–Crippen MR) is 69.7 cm³/mol. The van der Waals surface area contributed by atoms with Gasteiger partial charge in [-0.15, -0.1) is 0 Å². The lowest BCUT2D eigenvalue weighted by atomic mass is 9.83. The molecule has 0 atom stereocenters. The van der Waals surface area contributed by atoms with E-state index in [0.29, 0.717) is 6.54 Å².